The van der Waals surface area contributed by atoms with Gasteiger partial charge in [-0.3, -0.25) is 4.79 Å². The van der Waals surface area contributed by atoms with Gasteiger partial charge in [0.15, 0.2) is 17.6 Å². The summed E-state index contributed by atoms with van der Waals surface area (Å²) in [5.41, 5.74) is 1.01. The van der Waals surface area contributed by atoms with Gasteiger partial charge in [0.05, 0.1) is 12.1 Å². The van der Waals surface area contributed by atoms with Crippen LogP contribution < -0.4 is 14.8 Å². The lowest BCUT2D eigenvalue weighted by Crippen LogP contribution is -2.29. The molecule has 1 aromatic rings. The van der Waals surface area contributed by atoms with Gasteiger partial charge in [-0.1, -0.05) is 18.5 Å². The number of benzene rings is 1. The van der Waals surface area contributed by atoms with E-state index in [0.717, 1.165) is 12.1 Å². The molecule has 1 saturated heterocycles. The average molecular weight is 313 g/mol. The highest BCUT2D eigenvalue weighted by Crippen LogP contribution is 2.38. The molecule has 1 N–H and O–H groups in total. The Kier molecular flexibility index (Phi) is 5.31. The van der Waals surface area contributed by atoms with Crippen molar-refractivity contribution >= 4 is 17.5 Å². The van der Waals surface area contributed by atoms with Crippen molar-refractivity contribution in [2.75, 3.05) is 27.2 Å². The molecule has 1 amide bonds. The van der Waals surface area contributed by atoms with Crippen molar-refractivity contribution in [2.24, 2.45) is 0 Å². The Balaban J connectivity index is 2.20. The molecule has 1 aliphatic heterocycles. The Morgan fingerprint density at radius 3 is 2.81 bits per heavy atom. The first kappa shape index (κ1) is 15.9. The van der Waals surface area contributed by atoms with E-state index >= 15 is 0 Å². The standard InChI is InChI=1S/C15H21ClN2O3/c1-4-17-9-10-7-11(16)14(13(8-10)20-3)21-12-5-6-18(2)15(12)19/h7-8,12,17H,4-6,9H2,1-3H3. The zero-order valence-corrected chi connectivity index (χ0v) is 13.4. The van der Waals surface area contributed by atoms with Crippen LogP contribution in [-0.4, -0.2) is 44.2 Å². The van der Waals surface area contributed by atoms with Crippen molar-refractivity contribution in [2.45, 2.75) is 26.0 Å². The Labute approximate surface area is 130 Å². The number of hydrogen-bond donors (Lipinski definition) is 1. The molecule has 2 rings (SSSR count). The summed E-state index contributed by atoms with van der Waals surface area (Å²) in [6.07, 6.45) is 0.176. The van der Waals surface area contributed by atoms with Crippen LogP contribution in [0.3, 0.4) is 0 Å². The second kappa shape index (κ2) is 7.00. The van der Waals surface area contributed by atoms with Crippen molar-refractivity contribution in [3.05, 3.63) is 22.7 Å². The van der Waals surface area contributed by atoms with Crippen LogP contribution in [0.25, 0.3) is 0 Å². The molecule has 1 unspecified atom stereocenters. The normalized spacial score (nSPS) is 18.2. The summed E-state index contributed by atoms with van der Waals surface area (Å²) in [5, 5.41) is 3.70. The van der Waals surface area contributed by atoms with E-state index in [0.29, 0.717) is 36.0 Å². The number of likely N-dealkylation sites (N-methyl/N-ethyl adjacent to an activating group) is 1. The van der Waals surface area contributed by atoms with Gasteiger partial charge in [0.25, 0.3) is 5.91 Å². The molecule has 0 aromatic heterocycles. The monoisotopic (exact) mass is 312 g/mol. The fraction of sp³-hybridized carbons (Fsp3) is 0.533. The van der Waals surface area contributed by atoms with Crippen LogP contribution in [0.5, 0.6) is 11.5 Å². The van der Waals surface area contributed by atoms with Crippen LogP contribution in [-0.2, 0) is 11.3 Å². The average Bonchev–Trinajstić information content (AvgIpc) is 2.79. The van der Waals surface area contributed by atoms with E-state index < -0.39 is 6.10 Å². The molecule has 116 valence electrons. The first-order valence-corrected chi connectivity index (χ1v) is 7.43. The zero-order chi connectivity index (χ0) is 15.4. The first-order valence-electron chi connectivity index (χ1n) is 7.05. The van der Waals surface area contributed by atoms with E-state index in [4.69, 9.17) is 21.1 Å². The smallest absolute Gasteiger partial charge is 0.263 e. The summed E-state index contributed by atoms with van der Waals surface area (Å²) < 4.78 is 11.2. The minimum atomic E-state index is -0.485. The van der Waals surface area contributed by atoms with Gasteiger partial charge in [-0.15, -0.1) is 0 Å². The summed E-state index contributed by atoms with van der Waals surface area (Å²) in [7, 11) is 3.34. The minimum Gasteiger partial charge on any atom is -0.493 e. The molecule has 1 aromatic carbocycles. The molecule has 1 aliphatic rings. The third kappa shape index (κ3) is 3.60. The van der Waals surface area contributed by atoms with Crippen LogP contribution >= 0.6 is 11.6 Å². The molecule has 6 heteroatoms. The number of nitrogens with one attached hydrogen (secondary N) is 1. The fourth-order valence-corrected chi connectivity index (χ4v) is 2.58. The summed E-state index contributed by atoms with van der Waals surface area (Å²) in [6.45, 7) is 4.32. The number of carbonyl (C=O) groups is 1. The Morgan fingerprint density at radius 2 is 2.24 bits per heavy atom. The van der Waals surface area contributed by atoms with E-state index in [1.54, 1.807) is 19.1 Å². The lowest BCUT2D eigenvalue weighted by molar-refractivity contribution is -0.132. The predicted molar refractivity (Wildman–Crippen MR) is 82.1 cm³/mol. The minimum absolute atomic E-state index is 0.0233. The van der Waals surface area contributed by atoms with Crippen LogP contribution in [0.15, 0.2) is 12.1 Å². The van der Waals surface area contributed by atoms with Gasteiger partial charge in [0.1, 0.15) is 0 Å². The first-order chi connectivity index (χ1) is 10.1. The van der Waals surface area contributed by atoms with Crippen molar-refractivity contribution in [1.29, 1.82) is 0 Å². The molecule has 0 spiro atoms. The highest BCUT2D eigenvalue weighted by atomic mass is 35.5. The highest BCUT2D eigenvalue weighted by Gasteiger charge is 2.32. The van der Waals surface area contributed by atoms with Gasteiger partial charge in [0, 0.05) is 26.6 Å². The van der Waals surface area contributed by atoms with Crippen LogP contribution in [0.2, 0.25) is 5.02 Å². The second-order valence-electron chi connectivity index (χ2n) is 5.04. The number of rotatable bonds is 6. The molecule has 1 heterocycles. The van der Waals surface area contributed by atoms with E-state index in [2.05, 4.69) is 5.32 Å². The van der Waals surface area contributed by atoms with Crippen molar-refractivity contribution in [3.63, 3.8) is 0 Å². The number of likely N-dealkylation sites (tertiary alicyclic amines) is 1. The summed E-state index contributed by atoms with van der Waals surface area (Å²) in [5.74, 6) is 0.968. The lowest BCUT2D eigenvalue weighted by atomic mass is 10.2. The number of methoxy groups -OCH3 is 1. The highest BCUT2D eigenvalue weighted by molar-refractivity contribution is 6.32. The van der Waals surface area contributed by atoms with Gasteiger partial charge in [-0.2, -0.15) is 0 Å². The number of hydrogen-bond acceptors (Lipinski definition) is 4. The molecule has 1 atom stereocenters. The number of nitrogens with zero attached hydrogens (tertiary/aromatic N) is 1. The van der Waals surface area contributed by atoms with Gasteiger partial charge in [0.2, 0.25) is 0 Å². The largest absolute Gasteiger partial charge is 0.493 e. The molecular weight excluding hydrogens is 292 g/mol. The quantitative estimate of drug-likeness (QED) is 0.873. The molecular formula is C15H21ClN2O3. The van der Waals surface area contributed by atoms with Crippen molar-refractivity contribution in [1.82, 2.24) is 10.2 Å². The van der Waals surface area contributed by atoms with E-state index in [-0.39, 0.29) is 5.91 Å². The third-order valence-corrected chi connectivity index (χ3v) is 3.79. The second-order valence-corrected chi connectivity index (χ2v) is 5.45. The fourth-order valence-electron chi connectivity index (χ4n) is 2.30. The summed E-state index contributed by atoms with van der Waals surface area (Å²) in [6, 6.07) is 3.72. The maximum absolute atomic E-state index is 11.9. The number of ether oxygens (including phenoxy) is 2. The molecule has 0 saturated carbocycles. The molecule has 0 bridgehead atoms. The van der Waals surface area contributed by atoms with Crippen LogP contribution in [0, 0.1) is 0 Å². The molecule has 0 radical (unpaired) electrons. The van der Waals surface area contributed by atoms with Gasteiger partial charge in [-0.05, 0) is 24.2 Å². The maximum atomic E-state index is 11.9. The topological polar surface area (TPSA) is 50.8 Å². The van der Waals surface area contributed by atoms with Gasteiger partial charge >= 0.3 is 0 Å². The van der Waals surface area contributed by atoms with E-state index in [9.17, 15) is 4.79 Å². The zero-order valence-electron chi connectivity index (χ0n) is 12.6. The summed E-state index contributed by atoms with van der Waals surface area (Å²) in [4.78, 5) is 13.6. The Hall–Kier alpha value is -1.46. The Morgan fingerprint density at radius 1 is 1.48 bits per heavy atom. The third-order valence-electron chi connectivity index (χ3n) is 3.51. The van der Waals surface area contributed by atoms with E-state index in [1.807, 2.05) is 19.1 Å². The van der Waals surface area contributed by atoms with Gasteiger partial charge < -0.3 is 19.7 Å². The number of carbonyl (C=O) groups excluding carboxylic acids is 1. The Bertz CT molecular complexity index is 522. The lowest BCUT2D eigenvalue weighted by Gasteiger charge is -2.17. The molecule has 21 heavy (non-hydrogen) atoms. The van der Waals surface area contributed by atoms with Crippen molar-refractivity contribution < 1.29 is 14.3 Å². The van der Waals surface area contributed by atoms with Crippen LogP contribution in [0.4, 0.5) is 0 Å². The maximum Gasteiger partial charge on any atom is 0.263 e. The van der Waals surface area contributed by atoms with Gasteiger partial charge in [-0.25, -0.2) is 0 Å². The predicted octanol–water partition coefficient (Wildman–Crippen LogP) is 2.07. The van der Waals surface area contributed by atoms with Crippen molar-refractivity contribution in [3.8, 4) is 11.5 Å². The SMILES string of the molecule is CCNCc1cc(Cl)c(OC2CCN(C)C2=O)c(OC)c1. The van der Waals surface area contributed by atoms with Crippen LogP contribution in [0.1, 0.15) is 18.9 Å². The number of halogens is 1. The summed E-state index contributed by atoms with van der Waals surface area (Å²) >= 11 is 6.30. The molecule has 1 fully saturated rings. The van der Waals surface area contributed by atoms with E-state index in [1.165, 1.54) is 0 Å². The molecule has 0 aliphatic carbocycles. The molecule has 5 nitrogen and oxygen atoms in total. The number of amides is 1.